The first-order valence-electron chi connectivity index (χ1n) is 5.52. The van der Waals surface area contributed by atoms with E-state index in [1.807, 2.05) is 0 Å². The minimum atomic E-state index is -0.403. The Hall–Kier alpha value is -1.62. The number of allylic oxidation sites excluding steroid dienone is 2. The highest BCUT2D eigenvalue weighted by Gasteiger charge is 2.13. The summed E-state index contributed by atoms with van der Waals surface area (Å²) in [5.74, 6) is 2.55. The summed E-state index contributed by atoms with van der Waals surface area (Å²) >= 11 is 0. The van der Waals surface area contributed by atoms with Gasteiger partial charge in [-0.25, -0.2) is 9.37 Å². The lowest BCUT2D eigenvalue weighted by molar-refractivity contribution is 0.533. The lowest BCUT2D eigenvalue weighted by Gasteiger charge is -2.18. The average molecular weight is 215 g/mol. The zero-order chi connectivity index (χ0) is 11.5. The topological polar surface area (TPSA) is 12.9 Å². The summed E-state index contributed by atoms with van der Waals surface area (Å²) < 4.78 is 13.4. The molecule has 1 aliphatic rings. The molecule has 82 valence electrons. The van der Waals surface area contributed by atoms with Crippen molar-refractivity contribution in [3.63, 3.8) is 0 Å². The van der Waals surface area contributed by atoms with Gasteiger partial charge in [0.15, 0.2) is 5.82 Å². The highest BCUT2D eigenvalue weighted by atomic mass is 19.1. The van der Waals surface area contributed by atoms with Gasteiger partial charge in [-0.05, 0) is 48.3 Å². The fourth-order valence-corrected chi connectivity index (χ4v) is 1.95. The van der Waals surface area contributed by atoms with Gasteiger partial charge in [-0.1, -0.05) is 13.0 Å². The van der Waals surface area contributed by atoms with Crippen molar-refractivity contribution < 1.29 is 4.39 Å². The molecule has 0 bridgehead atoms. The Morgan fingerprint density at radius 3 is 2.94 bits per heavy atom. The largest absolute Gasteiger partial charge is 0.244 e. The third-order valence-electron chi connectivity index (χ3n) is 3.02. The van der Waals surface area contributed by atoms with E-state index in [1.165, 1.54) is 11.6 Å². The zero-order valence-corrected chi connectivity index (χ0v) is 9.33. The van der Waals surface area contributed by atoms with Crippen LogP contribution in [0.4, 0.5) is 4.39 Å². The maximum Gasteiger partial charge on any atom is 0.158 e. The summed E-state index contributed by atoms with van der Waals surface area (Å²) in [7, 11) is 0. The van der Waals surface area contributed by atoms with Crippen molar-refractivity contribution in [2.45, 2.75) is 26.2 Å². The van der Waals surface area contributed by atoms with Gasteiger partial charge >= 0.3 is 0 Å². The highest BCUT2D eigenvalue weighted by molar-refractivity contribution is 5.65. The van der Waals surface area contributed by atoms with Crippen LogP contribution < -0.4 is 0 Å². The molecule has 0 fully saturated rings. The smallest absolute Gasteiger partial charge is 0.158 e. The Balaban J connectivity index is 2.29. The van der Waals surface area contributed by atoms with Gasteiger partial charge in [0.2, 0.25) is 0 Å². The van der Waals surface area contributed by atoms with E-state index in [1.54, 1.807) is 6.20 Å². The molecule has 1 aromatic heterocycles. The fraction of sp³-hybridized carbons (Fsp3) is 0.357. The van der Waals surface area contributed by atoms with Gasteiger partial charge < -0.3 is 0 Å². The Kier molecular flexibility index (Phi) is 3.05. The molecule has 0 amide bonds. The van der Waals surface area contributed by atoms with Crippen molar-refractivity contribution in [1.29, 1.82) is 0 Å². The van der Waals surface area contributed by atoms with Crippen molar-refractivity contribution in [1.82, 2.24) is 4.98 Å². The van der Waals surface area contributed by atoms with Gasteiger partial charge in [-0.15, -0.1) is 6.42 Å². The second-order valence-corrected chi connectivity index (χ2v) is 4.31. The number of pyridine rings is 1. The Bertz CT molecular complexity index is 468. The van der Waals surface area contributed by atoms with Crippen molar-refractivity contribution in [3.05, 3.63) is 35.4 Å². The lowest BCUT2D eigenvalue weighted by atomic mass is 9.88. The molecular weight excluding hydrogens is 201 g/mol. The van der Waals surface area contributed by atoms with E-state index in [2.05, 4.69) is 23.9 Å². The molecule has 1 atom stereocenters. The third kappa shape index (κ3) is 2.14. The molecule has 1 heterocycles. The van der Waals surface area contributed by atoms with E-state index < -0.39 is 5.82 Å². The molecule has 1 nitrogen and oxygen atoms in total. The monoisotopic (exact) mass is 215 g/mol. The van der Waals surface area contributed by atoms with Crippen molar-refractivity contribution in [2.24, 2.45) is 5.92 Å². The van der Waals surface area contributed by atoms with E-state index in [0.29, 0.717) is 0 Å². The molecule has 0 aliphatic heterocycles. The standard InChI is InChI=1S/C14H14FN/c1-3-14-13(15)8-12(9-16-14)11-6-4-10(2)5-7-11/h1,6,8-10H,4-5,7H2,2H3. The summed E-state index contributed by atoms with van der Waals surface area (Å²) in [5.41, 5.74) is 2.14. The Morgan fingerprint density at radius 1 is 1.56 bits per heavy atom. The number of rotatable bonds is 1. The number of aromatic nitrogens is 1. The van der Waals surface area contributed by atoms with Crippen molar-refractivity contribution in [3.8, 4) is 12.3 Å². The maximum atomic E-state index is 13.4. The predicted octanol–water partition coefficient (Wildman–Crippen LogP) is 3.41. The number of nitrogens with zero attached hydrogens (tertiary/aromatic N) is 1. The first kappa shape index (κ1) is 10.9. The molecular formula is C14H14FN. The first-order valence-corrected chi connectivity index (χ1v) is 5.52. The van der Waals surface area contributed by atoms with Gasteiger partial charge in [-0.3, -0.25) is 0 Å². The molecule has 0 spiro atoms. The molecule has 2 heteroatoms. The quantitative estimate of drug-likeness (QED) is 0.654. The van der Waals surface area contributed by atoms with E-state index in [0.717, 1.165) is 30.7 Å². The van der Waals surface area contributed by atoms with E-state index in [4.69, 9.17) is 6.42 Å². The van der Waals surface area contributed by atoms with Crippen LogP contribution in [0, 0.1) is 24.1 Å². The highest BCUT2D eigenvalue weighted by Crippen LogP contribution is 2.29. The molecule has 2 rings (SSSR count). The number of halogens is 1. The minimum Gasteiger partial charge on any atom is -0.244 e. The molecule has 1 unspecified atom stereocenters. The normalized spacial score (nSPS) is 20.1. The van der Waals surface area contributed by atoms with Gasteiger partial charge in [-0.2, -0.15) is 0 Å². The number of hydrogen-bond donors (Lipinski definition) is 0. The van der Waals surface area contributed by atoms with Crippen molar-refractivity contribution in [2.75, 3.05) is 0 Å². The first-order chi connectivity index (χ1) is 7.70. The molecule has 0 saturated carbocycles. The van der Waals surface area contributed by atoms with E-state index in [-0.39, 0.29) is 5.69 Å². The summed E-state index contributed by atoms with van der Waals surface area (Å²) in [4.78, 5) is 3.94. The summed E-state index contributed by atoms with van der Waals surface area (Å²) in [6.45, 7) is 2.23. The van der Waals surface area contributed by atoms with Crippen LogP contribution in [0.3, 0.4) is 0 Å². The molecule has 1 aromatic rings. The van der Waals surface area contributed by atoms with Crippen molar-refractivity contribution >= 4 is 5.57 Å². The maximum absolute atomic E-state index is 13.4. The Labute approximate surface area is 95.4 Å². The summed E-state index contributed by atoms with van der Waals surface area (Å²) in [6, 6.07) is 1.49. The molecule has 0 N–H and O–H groups in total. The van der Waals surface area contributed by atoms with Crippen LogP contribution in [-0.4, -0.2) is 4.98 Å². The van der Waals surface area contributed by atoms with Gasteiger partial charge in [0.1, 0.15) is 5.69 Å². The zero-order valence-electron chi connectivity index (χ0n) is 9.33. The summed E-state index contributed by atoms with van der Waals surface area (Å²) in [6.07, 6.45) is 12.2. The van der Waals surface area contributed by atoms with Gasteiger partial charge in [0.05, 0.1) is 0 Å². The predicted molar refractivity (Wildman–Crippen MR) is 63.1 cm³/mol. The second-order valence-electron chi connectivity index (χ2n) is 4.31. The number of terminal acetylenes is 1. The third-order valence-corrected chi connectivity index (χ3v) is 3.02. The molecule has 16 heavy (non-hydrogen) atoms. The van der Waals surface area contributed by atoms with Crippen LogP contribution in [0.15, 0.2) is 18.3 Å². The SMILES string of the molecule is C#Cc1ncc(C2=CCC(C)CC2)cc1F. The van der Waals surface area contributed by atoms with Crippen LogP contribution >= 0.6 is 0 Å². The average Bonchev–Trinajstić information content (AvgIpc) is 2.30. The number of hydrogen-bond acceptors (Lipinski definition) is 1. The van der Waals surface area contributed by atoms with Crippen LogP contribution in [0.5, 0.6) is 0 Å². The molecule has 0 saturated heterocycles. The van der Waals surface area contributed by atoms with E-state index >= 15 is 0 Å². The van der Waals surface area contributed by atoms with Crippen LogP contribution in [0.25, 0.3) is 5.57 Å². The molecule has 1 aliphatic carbocycles. The second kappa shape index (κ2) is 4.49. The lowest BCUT2D eigenvalue weighted by Crippen LogP contribution is -2.02. The Morgan fingerprint density at radius 2 is 2.38 bits per heavy atom. The van der Waals surface area contributed by atoms with E-state index in [9.17, 15) is 4.39 Å². The van der Waals surface area contributed by atoms with Gasteiger partial charge in [0, 0.05) is 6.20 Å². The van der Waals surface area contributed by atoms with Gasteiger partial charge in [0.25, 0.3) is 0 Å². The molecule has 0 radical (unpaired) electrons. The summed E-state index contributed by atoms with van der Waals surface area (Å²) in [5, 5.41) is 0. The fourth-order valence-electron chi connectivity index (χ4n) is 1.95. The van der Waals surface area contributed by atoms with Crippen LogP contribution in [-0.2, 0) is 0 Å². The minimum absolute atomic E-state index is 0.0912. The molecule has 0 aromatic carbocycles. The van der Waals surface area contributed by atoms with Crippen LogP contribution in [0.2, 0.25) is 0 Å². The van der Waals surface area contributed by atoms with Crippen LogP contribution in [0.1, 0.15) is 37.4 Å².